The van der Waals surface area contributed by atoms with Crippen molar-refractivity contribution in [1.29, 1.82) is 0 Å². The minimum Gasteiger partial charge on any atom is -0.454 e. The van der Waals surface area contributed by atoms with E-state index >= 15 is 0 Å². The van der Waals surface area contributed by atoms with Crippen LogP contribution in [0.3, 0.4) is 0 Å². The molecule has 0 saturated heterocycles. The van der Waals surface area contributed by atoms with Crippen LogP contribution in [0, 0.1) is 0 Å². The van der Waals surface area contributed by atoms with Gasteiger partial charge in [-0.15, -0.1) is 0 Å². The Balaban J connectivity index is 2.57. The van der Waals surface area contributed by atoms with Gasteiger partial charge in [0, 0.05) is 10.0 Å². The van der Waals surface area contributed by atoms with E-state index in [0.29, 0.717) is 6.79 Å². The summed E-state index contributed by atoms with van der Waals surface area (Å²) in [6.45, 7) is 2.45. The molecule has 1 heterocycles. The van der Waals surface area contributed by atoms with Crippen molar-refractivity contribution in [2.24, 2.45) is 0 Å². The zero-order chi connectivity index (χ0) is 8.55. The van der Waals surface area contributed by atoms with Crippen LogP contribution >= 0.6 is 15.9 Å². The highest BCUT2D eigenvalue weighted by molar-refractivity contribution is 9.10. The Morgan fingerprint density at radius 2 is 2.25 bits per heavy atom. The molecule has 2 rings (SSSR count). The second-order valence-electron chi connectivity index (χ2n) is 2.61. The molecule has 1 aliphatic rings. The van der Waals surface area contributed by atoms with Gasteiger partial charge in [0.2, 0.25) is 6.79 Å². The largest absolute Gasteiger partial charge is 0.454 e. The standard InChI is InChI=1S/C9H9BrO2/c1-2-6-7(10)3-4-8-9(6)12-5-11-8/h3-4H,2,5H2,1H3. The number of halogens is 1. The van der Waals surface area contributed by atoms with Gasteiger partial charge in [-0.1, -0.05) is 22.9 Å². The van der Waals surface area contributed by atoms with Gasteiger partial charge in [0.25, 0.3) is 0 Å². The second kappa shape index (κ2) is 2.98. The average molecular weight is 229 g/mol. The Kier molecular flexibility index (Phi) is 1.97. The van der Waals surface area contributed by atoms with E-state index in [1.807, 2.05) is 12.1 Å². The molecular weight excluding hydrogens is 220 g/mol. The van der Waals surface area contributed by atoms with Crippen molar-refractivity contribution < 1.29 is 9.47 Å². The van der Waals surface area contributed by atoms with Gasteiger partial charge in [-0.3, -0.25) is 0 Å². The van der Waals surface area contributed by atoms with Gasteiger partial charge in [0.1, 0.15) is 0 Å². The molecule has 0 unspecified atom stereocenters. The van der Waals surface area contributed by atoms with E-state index in [1.54, 1.807) is 0 Å². The van der Waals surface area contributed by atoms with E-state index in [9.17, 15) is 0 Å². The van der Waals surface area contributed by atoms with Crippen molar-refractivity contribution in [3.05, 3.63) is 22.2 Å². The van der Waals surface area contributed by atoms with Crippen LogP contribution in [0.4, 0.5) is 0 Å². The molecule has 2 nitrogen and oxygen atoms in total. The highest BCUT2D eigenvalue weighted by Crippen LogP contribution is 2.39. The minimum absolute atomic E-state index is 0.346. The lowest BCUT2D eigenvalue weighted by Crippen LogP contribution is -1.94. The zero-order valence-corrected chi connectivity index (χ0v) is 8.35. The fourth-order valence-corrected chi connectivity index (χ4v) is 1.93. The molecule has 1 aromatic rings. The summed E-state index contributed by atoms with van der Waals surface area (Å²) < 4.78 is 11.7. The maximum Gasteiger partial charge on any atom is 0.231 e. The Morgan fingerprint density at radius 3 is 3.00 bits per heavy atom. The Hall–Kier alpha value is -0.700. The molecule has 0 N–H and O–H groups in total. The van der Waals surface area contributed by atoms with Crippen LogP contribution in [-0.2, 0) is 6.42 Å². The van der Waals surface area contributed by atoms with Gasteiger partial charge in [-0.25, -0.2) is 0 Å². The SMILES string of the molecule is CCc1c(Br)ccc2c1OCO2. The van der Waals surface area contributed by atoms with Gasteiger partial charge in [0.15, 0.2) is 11.5 Å². The average Bonchev–Trinajstić information content (AvgIpc) is 2.52. The summed E-state index contributed by atoms with van der Waals surface area (Å²) in [5, 5.41) is 0. The van der Waals surface area contributed by atoms with E-state index < -0.39 is 0 Å². The molecule has 1 aliphatic heterocycles. The van der Waals surface area contributed by atoms with Crippen molar-refractivity contribution in [3.8, 4) is 11.5 Å². The second-order valence-corrected chi connectivity index (χ2v) is 3.47. The van der Waals surface area contributed by atoms with Crippen molar-refractivity contribution in [1.82, 2.24) is 0 Å². The van der Waals surface area contributed by atoms with E-state index in [-0.39, 0.29) is 0 Å². The topological polar surface area (TPSA) is 18.5 Å². The highest BCUT2D eigenvalue weighted by atomic mass is 79.9. The molecule has 64 valence electrons. The molecule has 0 saturated carbocycles. The lowest BCUT2D eigenvalue weighted by atomic mass is 10.1. The maximum absolute atomic E-state index is 5.35. The molecule has 3 heteroatoms. The van der Waals surface area contributed by atoms with Crippen LogP contribution in [0.2, 0.25) is 0 Å². The summed E-state index contributed by atoms with van der Waals surface area (Å²) in [7, 11) is 0. The zero-order valence-electron chi connectivity index (χ0n) is 6.76. The summed E-state index contributed by atoms with van der Waals surface area (Å²) in [6, 6.07) is 3.91. The predicted molar refractivity (Wildman–Crippen MR) is 49.6 cm³/mol. The third-order valence-electron chi connectivity index (χ3n) is 1.94. The first-order chi connectivity index (χ1) is 5.83. The fraction of sp³-hybridized carbons (Fsp3) is 0.333. The molecule has 0 aromatic heterocycles. The number of benzene rings is 1. The van der Waals surface area contributed by atoms with Crippen LogP contribution in [-0.4, -0.2) is 6.79 Å². The Bertz CT molecular complexity index is 310. The summed E-state index contributed by atoms with van der Waals surface area (Å²) in [5.41, 5.74) is 1.19. The van der Waals surface area contributed by atoms with E-state index in [4.69, 9.17) is 9.47 Å². The van der Waals surface area contributed by atoms with Crippen molar-refractivity contribution in [2.45, 2.75) is 13.3 Å². The van der Waals surface area contributed by atoms with E-state index in [1.165, 1.54) is 5.56 Å². The van der Waals surface area contributed by atoms with Gasteiger partial charge >= 0.3 is 0 Å². The van der Waals surface area contributed by atoms with Crippen LogP contribution < -0.4 is 9.47 Å². The molecule has 0 spiro atoms. The van der Waals surface area contributed by atoms with E-state index in [0.717, 1.165) is 22.4 Å². The maximum atomic E-state index is 5.35. The molecule has 0 fully saturated rings. The number of hydrogen-bond acceptors (Lipinski definition) is 2. The van der Waals surface area contributed by atoms with Crippen LogP contribution in [0.15, 0.2) is 16.6 Å². The lowest BCUT2D eigenvalue weighted by molar-refractivity contribution is 0.173. The van der Waals surface area contributed by atoms with Crippen LogP contribution in [0.5, 0.6) is 11.5 Å². The van der Waals surface area contributed by atoms with Gasteiger partial charge < -0.3 is 9.47 Å². The number of fused-ring (bicyclic) bond motifs is 1. The highest BCUT2D eigenvalue weighted by Gasteiger charge is 2.18. The minimum atomic E-state index is 0.346. The molecule has 1 aromatic carbocycles. The first-order valence-electron chi connectivity index (χ1n) is 3.90. The third-order valence-corrected chi connectivity index (χ3v) is 2.68. The quantitative estimate of drug-likeness (QED) is 0.737. The predicted octanol–water partition coefficient (Wildman–Crippen LogP) is 2.74. The smallest absolute Gasteiger partial charge is 0.231 e. The number of ether oxygens (including phenoxy) is 2. The molecule has 0 radical (unpaired) electrons. The molecule has 0 amide bonds. The van der Waals surface area contributed by atoms with Gasteiger partial charge in [-0.2, -0.15) is 0 Å². The van der Waals surface area contributed by atoms with Crippen molar-refractivity contribution in [2.75, 3.05) is 6.79 Å². The molecule has 0 bridgehead atoms. The lowest BCUT2D eigenvalue weighted by Gasteiger charge is -2.04. The summed E-state index contributed by atoms with van der Waals surface area (Å²) in [5.74, 6) is 1.75. The number of rotatable bonds is 1. The molecular formula is C9H9BrO2. The first-order valence-corrected chi connectivity index (χ1v) is 4.69. The normalized spacial score (nSPS) is 13.5. The number of hydrogen-bond donors (Lipinski definition) is 0. The fourth-order valence-electron chi connectivity index (χ4n) is 1.34. The summed E-state index contributed by atoms with van der Waals surface area (Å²) in [4.78, 5) is 0. The molecule has 0 aliphatic carbocycles. The third kappa shape index (κ3) is 1.08. The first kappa shape index (κ1) is 7.92. The molecule has 0 atom stereocenters. The van der Waals surface area contributed by atoms with Crippen LogP contribution in [0.25, 0.3) is 0 Å². The van der Waals surface area contributed by atoms with Gasteiger partial charge in [-0.05, 0) is 18.6 Å². The van der Waals surface area contributed by atoms with Crippen molar-refractivity contribution in [3.63, 3.8) is 0 Å². The summed E-state index contributed by atoms with van der Waals surface area (Å²) in [6.07, 6.45) is 0.952. The van der Waals surface area contributed by atoms with Crippen molar-refractivity contribution >= 4 is 15.9 Å². The summed E-state index contributed by atoms with van der Waals surface area (Å²) >= 11 is 3.47. The van der Waals surface area contributed by atoms with Gasteiger partial charge in [0.05, 0.1) is 0 Å². The monoisotopic (exact) mass is 228 g/mol. The van der Waals surface area contributed by atoms with Crippen LogP contribution in [0.1, 0.15) is 12.5 Å². The Labute approximate surface area is 79.6 Å². The van der Waals surface area contributed by atoms with E-state index in [2.05, 4.69) is 22.9 Å². The Morgan fingerprint density at radius 1 is 1.42 bits per heavy atom. The molecule has 12 heavy (non-hydrogen) atoms.